The Hall–Kier alpha value is -4.33. The highest BCUT2D eigenvalue weighted by molar-refractivity contribution is 6.46. The maximum atomic E-state index is 13.2. The number of hydrogen-bond acceptors (Lipinski definition) is 7. The van der Waals surface area contributed by atoms with Crippen LogP contribution in [0.2, 0.25) is 0 Å². The highest BCUT2D eigenvalue weighted by Gasteiger charge is 2.46. The van der Waals surface area contributed by atoms with Crippen molar-refractivity contribution in [1.82, 2.24) is 9.88 Å². The van der Waals surface area contributed by atoms with Crippen LogP contribution in [-0.4, -0.2) is 48.0 Å². The molecule has 34 heavy (non-hydrogen) atoms. The maximum absolute atomic E-state index is 13.2. The molecule has 0 bridgehead atoms. The molecule has 1 saturated heterocycles. The summed E-state index contributed by atoms with van der Waals surface area (Å²) < 4.78 is 15.9. The van der Waals surface area contributed by atoms with E-state index in [9.17, 15) is 14.7 Å². The van der Waals surface area contributed by atoms with Gasteiger partial charge in [-0.1, -0.05) is 6.07 Å². The van der Waals surface area contributed by atoms with Crippen LogP contribution in [0.3, 0.4) is 0 Å². The lowest BCUT2D eigenvalue weighted by molar-refractivity contribution is -0.140. The summed E-state index contributed by atoms with van der Waals surface area (Å²) in [5.74, 6) is -0.176. The standard InChI is InChI=1S/C26H24N2O6/c1-32-19-7-4-17(5-8-19)24(29)22-23(18-6-9-20(33-2)21(14-18)34-3)28(26(31)25(22)30)15-16-10-12-27-13-11-16/h4-14,23,29H,15H2,1-3H3/b24-22-. The van der Waals surface area contributed by atoms with Gasteiger partial charge in [-0.05, 0) is 59.7 Å². The lowest BCUT2D eigenvalue weighted by Gasteiger charge is -2.26. The highest BCUT2D eigenvalue weighted by Crippen LogP contribution is 2.42. The molecule has 1 aliphatic rings. The summed E-state index contributed by atoms with van der Waals surface area (Å²) >= 11 is 0. The number of aromatic nitrogens is 1. The van der Waals surface area contributed by atoms with Gasteiger partial charge in [-0.25, -0.2) is 0 Å². The number of pyridine rings is 1. The third kappa shape index (κ3) is 4.17. The minimum Gasteiger partial charge on any atom is -0.507 e. The van der Waals surface area contributed by atoms with Gasteiger partial charge < -0.3 is 24.2 Å². The second kappa shape index (κ2) is 9.66. The van der Waals surface area contributed by atoms with Crippen molar-refractivity contribution in [3.05, 3.63) is 89.3 Å². The highest BCUT2D eigenvalue weighted by atomic mass is 16.5. The van der Waals surface area contributed by atoms with Crippen LogP contribution in [0, 0.1) is 0 Å². The van der Waals surface area contributed by atoms with Gasteiger partial charge in [-0.3, -0.25) is 14.6 Å². The molecule has 1 amide bonds. The monoisotopic (exact) mass is 460 g/mol. The molecule has 1 aromatic heterocycles. The number of aliphatic hydroxyl groups excluding tert-OH is 1. The largest absolute Gasteiger partial charge is 0.507 e. The molecular formula is C26H24N2O6. The van der Waals surface area contributed by atoms with Crippen molar-refractivity contribution in [2.75, 3.05) is 21.3 Å². The first kappa shape index (κ1) is 22.8. The van der Waals surface area contributed by atoms with Gasteiger partial charge in [0.1, 0.15) is 11.5 Å². The van der Waals surface area contributed by atoms with E-state index in [1.54, 1.807) is 67.0 Å². The molecule has 174 valence electrons. The molecule has 1 unspecified atom stereocenters. The number of carbonyl (C=O) groups excluding carboxylic acids is 2. The van der Waals surface area contributed by atoms with Gasteiger partial charge in [0.05, 0.1) is 32.9 Å². The Morgan fingerprint density at radius 3 is 2.21 bits per heavy atom. The molecule has 0 aliphatic carbocycles. The van der Waals surface area contributed by atoms with E-state index in [0.717, 1.165) is 5.56 Å². The Morgan fingerprint density at radius 1 is 0.912 bits per heavy atom. The van der Waals surface area contributed by atoms with Gasteiger partial charge >= 0.3 is 0 Å². The molecule has 4 rings (SSSR count). The van der Waals surface area contributed by atoms with Crippen molar-refractivity contribution in [2.45, 2.75) is 12.6 Å². The Morgan fingerprint density at radius 2 is 1.59 bits per heavy atom. The zero-order chi connectivity index (χ0) is 24.2. The second-order valence-corrected chi connectivity index (χ2v) is 7.63. The van der Waals surface area contributed by atoms with Crippen LogP contribution in [0.15, 0.2) is 72.6 Å². The molecule has 2 aromatic carbocycles. The first-order valence-corrected chi connectivity index (χ1v) is 10.5. The van der Waals surface area contributed by atoms with Gasteiger partial charge in [-0.15, -0.1) is 0 Å². The lowest BCUT2D eigenvalue weighted by Crippen LogP contribution is -2.29. The van der Waals surface area contributed by atoms with E-state index in [2.05, 4.69) is 4.98 Å². The number of ether oxygens (including phenoxy) is 3. The van der Waals surface area contributed by atoms with Crippen LogP contribution >= 0.6 is 0 Å². The van der Waals surface area contributed by atoms with Crippen molar-refractivity contribution in [3.63, 3.8) is 0 Å². The summed E-state index contributed by atoms with van der Waals surface area (Å²) in [6.07, 6.45) is 3.24. The fraction of sp³-hybridized carbons (Fsp3) is 0.192. The van der Waals surface area contributed by atoms with E-state index in [-0.39, 0.29) is 17.9 Å². The molecule has 2 heterocycles. The molecule has 1 atom stereocenters. The number of methoxy groups -OCH3 is 3. The molecule has 1 fully saturated rings. The van der Waals surface area contributed by atoms with Gasteiger partial charge in [0.2, 0.25) is 0 Å². The van der Waals surface area contributed by atoms with Crippen molar-refractivity contribution in [3.8, 4) is 17.2 Å². The van der Waals surface area contributed by atoms with E-state index in [0.29, 0.717) is 28.4 Å². The van der Waals surface area contributed by atoms with E-state index in [1.807, 2.05) is 0 Å². The topological polar surface area (TPSA) is 98.2 Å². The van der Waals surface area contributed by atoms with Crippen LogP contribution in [-0.2, 0) is 16.1 Å². The van der Waals surface area contributed by atoms with Crippen molar-refractivity contribution in [1.29, 1.82) is 0 Å². The fourth-order valence-electron chi connectivity index (χ4n) is 4.00. The number of Topliss-reactive ketones (excluding diaryl/α,β-unsaturated/α-hetero) is 1. The van der Waals surface area contributed by atoms with E-state index >= 15 is 0 Å². The molecule has 0 saturated carbocycles. The third-order valence-electron chi connectivity index (χ3n) is 5.73. The molecule has 1 aliphatic heterocycles. The molecule has 1 N–H and O–H groups in total. The zero-order valence-corrected chi connectivity index (χ0v) is 19.0. The first-order valence-electron chi connectivity index (χ1n) is 10.5. The summed E-state index contributed by atoms with van der Waals surface area (Å²) in [6.45, 7) is 0.158. The van der Waals surface area contributed by atoms with E-state index in [1.165, 1.54) is 26.2 Å². The molecule has 0 spiro atoms. The molecule has 8 nitrogen and oxygen atoms in total. The van der Waals surface area contributed by atoms with Gasteiger partial charge in [0, 0.05) is 24.5 Å². The average Bonchev–Trinajstić information content (AvgIpc) is 3.13. The number of rotatable bonds is 7. The number of nitrogens with zero attached hydrogens (tertiary/aromatic N) is 2. The Labute approximate surface area is 197 Å². The zero-order valence-electron chi connectivity index (χ0n) is 19.0. The number of benzene rings is 2. The van der Waals surface area contributed by atoms with Gasteiger partial charge in [0.15, 0.2) is 11.5 Å². The van der Waals surface area contributed by atoms with Crippen LogP contribution in [0.25, 0.3) is 5.76 Å². The SMILES string of the molecule is COc1ccc(/C(O)=C2/C(=O)C(=O)N(Cc3ccncc3)C2c2ccc(OC)c(OC)c2)cc1. The predicted octanol–water partition coefficient (Wildman–Crippen LogP) is 3.73. The number of likely N-dealkylation sites (tertiary alicyclic amines) is 1. The molecule has 8 heteroatoms. The first-order chi connectivity index (χ1) is 16.5. The van der Waals surface area contributed by atoms with Crippen LogP contribution in [0.5, 0.6) is 17.2 Å². The minimum absolute atomic E-state index is 0.00329. The normalized spacial score (nSPS) is 17.0. The number of ketones is 1. The summed E-state index contributed by atoms with van der Waals surface area (Å²) in [6, 6.07) is 14.5. The fourth-order valence-corrected chi connectivity index (χ4v) is 4.00. The lowest BCUT2D eigenvalue weighted by atomic mass is 9.94. The van der Waals surface area contributed by atoms with Crippen molar-refractivity contribution in [2.24, 2.45) is 0 Å². The number of aliphatic hydroxyl groups is 1. The van der Waals surface area contributed by atoms with Crippen molar-refractivity contribution >= 4 is 17.4 Å². The average molecular weight is 460 g/mol. The molecule has 0 radical (unpaired) electrons. The Bertz CT molecular complexity index is 1240. The Balaban J connectivity index is 1.87. The van der Waals surface area contributed by atoms with E-state index in [4.69, 9.17) is 14.2 Å². The third-order valence-corrected chi connectivity index (χ3v) is 5.73. The summed E-state index contributed by atoms with van der Waals surface area (Å²) in [4.78, 5) is 31.8. The smallest absolute Gasteiger partial charge is 0.295 e. The number of carbonyl (C=O) groups is 2. The second-order valence-electron chi connectivity index (χ2n) is 7.63. The van der Waals surface area contributed by atoms with Crippen LogP contribution in [0.1, 0.15) is 22.7 Å². The molecular weight excluding hydrogens is 436 g/mol. The minimum atomic E-state index is -0.838. The van der Waals surface area contributed by atoms with Gasteiger partial charge in [-0.2, -0.15) is 0 Å². The summed E-state index contributed by atoms with van der Waals surface area (Å²) in [5, 5.41) is 11.2. The van der Waals surface area contributed by atoms with Crippen LogP contribution in [0.4, 0.5) is 0 Å². The van der Waals surface area contributed by atoms with Crippen molar-refractivity contribution < 1.29 is 28.9 Å². The molecule has 3 aromatic rings. The van der Waals surface area contributed by atoms with E-state index < -0.39 is 17.7 Å². The van der Waals surface area contributed by atoms with Gasteiger partial charge in [0.25, 0.3) is 11.7 Å². The number of hydrogen-bond donors (Lipinski definition) is 1. The number of amides is 1. The predicted molar refractivity (Wildman–Crippen MR) is 125 cm³/mol. The summed E-state index contributed by atoms with van der Waals surface area (Å²) in [5.41, 5.74) is 1.79. The van der Waals surface area contributed by atoms with Crippen LogP contribution < -0.4 is 14.2 Å². The quantitative estimate of drug-likeness (QED) is 0.326. The maximum Gasteiger partial charge on any atom is 0.295 e. The Kier molecular flexibility index (Phi) is 6.49. The summed E-state index contributed by atoms with van der Waals surface area (Å²) in [7, 11) is 4.57.